The molecule has 0 spiro atoms. The Morgan fingerprint density at radius 1 is 1.17 bits per heavy atom. The molecule has 0 bridgehead atoms. The zero-order chi connectivity index (χ0) is 17.1. The maximum Gasteiger partial charge on any atom is 0.123 e. The molecule has 3 rings (SSSR count). The zero-order valence-corrected chi connectivity index (χ0v) is 14.3. The van der Waals surface area contributed by atoms with E-state index in [1.54, 1.807) is 19.2 Å². The lowest BCUT2D eigenvalue weighted by atomic mass is 10.2. The van der Waals surface area contributed by atoms with Gasteiger partial charge in [0.15, 0.2) is 0 Å². The molecule has 126 valence electrons. The Bertz CT molecular complexity index is 840. The van der Waals surface area contributed by atoms with E-state index in [0.29, 0.717) is 13.2 Å². The summed E-state index contributed by atoms with van der Waals surface area (Å²) in [5.41, 5.74) is 6.54. The number of ether oxygens (including phenoxy) is 1. The van der Waals surface area contributed by atoms with Crippen LogP contribution in [0.15, 0.2) is 36.5 Å². The monoisotopic (exact) mass is 327 g/mol. The smallest absolute Gasteiger partial charge is 0.123 e. The molecule has 0 aliphatic heterocycles. The van der Waals surface area contributed by atoms with Gasteiger partial charge in [0, 0.05) is 32.1 Å². The second-order valence-corrected chi connectivity index (χ2v) is 5.89. The van der Waals surface area contributed by atoms with Crippen LogP contribution >= 0.6 is 0 Å². The van der Waals surface area contributed by atoms with Gasteiger partial charge < -0.3 is 14.6 Å². The molecule has 0 saturated carbocycles. The molecule has 1 N–H and O–H groups in total. The first kappa shape index (κ1) is 16.5. The molecule has 2 aromatic heterocycles. The fourth-order valence-corrected chi connectivity index (χ4v) is 2.95. The van der Waals surface area contributed by atoms with Gasteiger partial charge in [0.2, 0.25) is 0 Å². The first-order valence-electron chi connectivity index (χ1n) is 8.03. The van der Waals surface area contributed by atoms with Crippen molar-refractivity contribution >= 4 is 16.7 Å². The molecule has 0 saturated heterocycles. The summed E-state index contributed by atoms with van der Waals surface area (Å²) in [4.78, 5) is 4.55. The van der Waals surface area contributed by atoms with E-state index in [4.69, 9.17) is 4.74 Å². The van der Waals surface area contributed by atoms with Crippen LogP contribution in [0, 0.1) is 19.7 Å². The van der Waals surface area contributed by atoms with Gasteiger partial charge in [-0.1, -0.05) is 12.1 Å². The molecule has 4 nitrogen and oxygen atoms in total. The van der Waals surface area contributed by atoms with Gasteiger partial charge in [0.1, 0.15) is 5.82 Å². The highest BCUT2D eigenvalue weighted by Gasteiger charge is 2.15. The van der Waals surface area contributed by atoms with Gasteiger partial charge in [0.05, 0.1) is 23.3 Å². The van der Waals surface area contributed by atoms with Gasteiger partial charge >= 0.3 is 0 Å². The predicted octanol–water partition coefficient (Wildman–Crippen LogP) is 4.05. The molecule has 0 aliphatic rings. The highest BCUT2D eigenvalue weighted by Crippen LogP contribution is 2.29. The van der Waals surface area contributed by atoms with Crippen LogP contribution in [-0.4, -0.2) is 23.3 Å². The molecule has 0 amide bonds. The number of hydrogen-bond acceptors (Lipinski definition) is 3. The first-order valence-corrected chi connectivity index (χ1v) is 8.03. The standard InChI is InChI=1S/C19H22FN3O/c1-13-14(2)23(10-11-24-3)19-17(8-9-21-18(13)19)22-12-15-4-6-16(20)7-5-15/h4-9H,10-12H2,1-3H3,(H,21,22). The SMILES string of the molecule is COCCn1c(C)c(C)c2nccc(NCc3ccc(F)cc3)c21. The highest BCUT2D eigenvalue weighted by atomic mass is 19.1. The molecule has 0 aliphatic carbocycles. The minimum Gasteiger partial charge on any atom is -0.383 e. The maximum atomic E-state index is 13.0. The second kappa shape index (κ2) is 7.01. The van der Waals surface area contributed by atoms with Crippen molar-refractivity contribution < 1.29 is 9.13 Å². The number of nitrogens with one attached hydrogen (secondary N) is 1. The summed E-state index contributed by atoms with van der Waals surface area (Å²) in [6.07, 6.45) is 1.82. The number of fused-ring (bicyclic) bond motifs is 1. The number of aryl methyl sites for hydroxylation is 1. The third kappa shape index (κ3) is 3.12. The lowest BCUT2D eigenvalue weighted by Gasteiger charge is -2.12. The topological polar surface area (TPSA) is 39.1 Å². The summed E-state index contributed by atoms with van der Waals surface area (Å²) in [5, 5.41) is 3.46. The molecule has 0 atom stereocenters. The van der Waals surface area contributed by atoms with Gasteiger partial charge in [-0.05, 0) is 43.2 Å². The van der Waals surface area contributed by atoms with Crippen LogP contribution < -0.4 is 5.32 Å². The fraction of sp³-hybridized carbons (Fsp3) is 0.316. The van der Waals surface area contributed by atoms with Gasteiger partial charge in [-0.3, -0.25) is 4.98 Å². The van der Waals surface area contributed by atoms with E-state index in [9.17, 15) is 4.39 Å². The van der Waals surface area contributed by atoms with E-state index in [-0.39, 0.29) is 5.82 Å². The Balaban J connectivity index is 1.95. The minimum atomic E-state index is -0.218. The summed E-state index contributed by atoms with van der Waals surface area (Å²) in [7, 11) is 1.71. The van der Waals surface area contributed by atoms with Crippen LogP contribution in [0.25, 0.3) is 11.0 Å². The van der Waals surface area contributed by atoms with Gasteiger partial charge in [-0.2, -0.15) is 0 Å². The number of nitrogens with zero attached hydrogens (tertiary/aromatic N) is 2. The molecular weight excluding hydrogens is 305 g/mol. The summed E-state index contributed by atoms with van der Waals surface area (Å²) >= 11 is 0. The molecule has 0 radical (unpaired) electrons. The van der Waals surface area contributed by atoms with E-state index in [2.05, 4.69) is 28.7 Å². The lowest BCUT2D eigenvalue weighted by Crippen LogP contribution is -2.08. The van der Waals surface area contributed by atoms with Crippen LogP contribution in [0.3, 0.4) is 0 Å². The summed E-state index contributed by atoms with van der Waals surface area (Å²) in [6, 6.07) is 8.53. The van der Waals surface area contributed by atoms with E-state index >= 15 is 0 Å². The van der Waals surface area contributed by atoms with E-state index < -0.39 is 0 Å². The van der Waals surface area contributed by atoms with Crippen molar-refractivity contribution in [2.75, 3.05) is 19.0 Å². The Hall–Kier alpha value is -2.40. The van der Waals surface area contributed by atoms with Gasteiger partial charge in [-0.15, -0.1) is 0 Å². The lowest BCUT2D eigenvalue weighted by molar-refractivity contribution is 0.188. The molecule has 5 heteroatoms. The van der Waals surface area contributed by atoms with Crippen LogP contribution in [0.2, 0.25) is 0 Å². The molecule has 24 heavy (non-hydrogen) atoms. The second-order valence-electron chi connectivity index (χ2n) is 5.89. The molecule has 0 unspecified atom stereocenters. The Kier molecular flexibility index (Phi) is 4.81. The first-order chi connectivity index (χ1) is 11.6. The maximum absolute atomic E-state index is 13.0. The Labute approximate surface area is 141 Å². The Morgan fingerprint density at radius 3 is 2.62 bits per heavy atom. The highest BCUT2D eigenvalue weighted by molar-refractivity contribution is 5.92. The van der Waals surface area contributed by atoms with Gasteiger partial charge in [0.25, 0.3) is 0 Å². The number of aromatic nitrogens is 2. The predicted molar refractivity (Wildman–Crippen MR) is 94.8 cm³/mol. The average molecular weight is 327 g/mol. The summed E-state index contributed by atoms with van der Waals surface area (Å²) < 4.78 is 20.5. The number of halogens is 1. The van der Waals surface area contributed by atoms with Crippen LogP contribution in [0.4, 0.5) is 10.1 Å². The number of rotatable bonds is 6. The summed E-state index contributed by atoms with van der Waals surface area (Å²) in [5.74, 6) is -0.218. The van der Waals surface area contributed by atoms with Gasteiger partial charge in [-0.25, -0.2) is 4.39 Å². The van der Waals surface area contributed by atoms with Crippen molar-refractivity contribution in [1.29, 1.82) is 0 Å². The van der Waals surface area contributed by atoms with Crippen molar-refractivity contribution in [2.24, 2.45) is 0 Å². The van der Waals surface area contributed by atoms with E-state index in [1.807, 2.05) is 12.3 Å². The van der Waals surface area contributed by atoms with Crippen LogP contribution in [0.1, 0.15) is 16.8 Å². The van der Waals surface area contributed by atoms with Crippen molar-refractivity contribution in [3.05, 3.63) is 59.2 Å². The summed E-state index contributed by atoms with van der Waals surface area (Å²) in [6.45, 7) is 6.26. The Morgan fingerprint density at radius 2 is 1.92 bits per heavy atom. The number of hydrogen-bond donors (Lipinski definition) is 1. The minimum absolute atomic E-state index is 0.218. The average Bonchev–Trinajstić information content (AvgIpc) is 2.84. The molecular formula is C19H22FN3O. The third-order valence-corrected chi connectivity index (χ3v) is 4.41. The van der Waals surface area contributed by atoms with E-state index in [1.165, 1.54) is 23.4 Å². The normalized spacial score (nSPS) is 11.2. The number of anilines is 1. The molecule has 1 aromatic carbocycles. The fourth-order valence-electron chi connectivity index (χ4n) is 2.95. The number of benzene rings is 1. The third-order valence-electron chi connectivity index (χ3n) is 4.41. The number of methoxy groups -OCH3 is 1. The quantitative estimate of drug-likeness (QED) is 0.742. The molecule has 2 heterocycles. The van der Waals surface area contributed by atoms with Crippen molar-refractivity contribution in [2.45, 2.75) is 26.9 Å². The zero-order valence-electron chi connectivity index (χ0n) is 14.3. The van der Waals surface area contributed by atoms with Crippen molar-refractivity contribution in [1.82, 2.24) is 9.55 Å². The molecule has 3 aromatic rings. The van der Waals surface area contributed by atoms with Crippen LogP contribution in [-0.2, 0) is 17.8 Å². The van der Waals surface area contributed by atoms with E-state index in [0.717, 1.165) is 28.8 Å². The molecule has 0 fully saturated rings. The van der Waals surface area contributed by atoms with Crippen LogP contribution in [0.5, 0.6) is 0 Å². The van der Waals surface area contributed by atoms with Crippen molar-refractivity contribution in [3.63, 3.8) is 0 Å². The van der Waals surface area contributed by atoms with Crippen molar-refractivity contribution in [3.8, 4) is 0 Å². The largest absolute Gasteiger partial charge is 0.383 e. The number of pyridine rings is 1.